The van der Waals surface area contributed by atoms with Gasteiger partial charge in [0.1, 0.15) is 12.4 Å². The lowest BCUT2D eigenvalue weighted by Crippen LogP contribution is -2.37. The van der Waals surface area contributed by atoms with E-state index in [1.165, 1.54) is 5.56 Å². The molecule has 0 bridgehead atoms. The molecule has 1 aliphatic carbocycles. The van der Waals surface area contributed by atoms with E-state index >= 15 is 0 Å². The van der Waals surface area contributed by atoms with Gasteiger partial charge < -0.3 is 15.2 Å². The van der Waals surface area contributed by atoms with E-state index in [1.54, 1.807) is 0 Å². The third kappa shape index (κ3) is 3.72. The second kappa shape index (κ2) is 6.03. The van der Waals surface area contributed by atoms with Crippen LogP contribution >= 0.6 is 0 Å². The molecule has 1 aliphatic rings. The summed E-state index contributed by atoms with van der Waals surface area (Å²) in [5.74, 6) is 0.916. The van der Waals surface area contributed by atoms with Crippen molar-refractivity contribution in [3.63, 3.8) is 0 Å². The fourth-order valence-electron chi connectivity index (χ4n) is 2.30. The number of aliphatic hydroxyl groups excluding tert-OH is 1. The molecule has 1 aromatic carbocycles. The van der Waals surface area contributed by atoms with Crippen LogP contribution in [0.15, 0.2) is 24.3 Å². The van der Waals surface area contributed by atoms with Crippen molar-refractivity contribution in [2.75, 3.05) is 13.2 Å². The lowest BCUT2D eigenvalue weighted by Gasteiger charge is -2.16. The molecule has 0 radical (unpaired) electrons. The Morgan fingerprint density at radius 3 is 3.00 bits per heavy atom. The van der Waals surface area contributed by atoms with Crippen molar-refractivity contribution >= 4 is 0 Å². The quantitative estimate of drug-likeness (QED) is 0.766. The SMILES string of the molecule is Cc1cccc(OCCN[C@H]2CCC[C@@H]2O)c1. The predicted octanol–water partition coefficient (Wildman–Crippen LogP) is 1.88. The van der Waals surface area contributed by atoms with Crippen LogP contribution in [0.3, 0.4) is 0 Å². The zero-order valence-electron chi connectivity index (χ0n) is 10.4. The van der Waals surface area contributed by atoms with Gasteiger partial charge in [0, 0.05) is 12.6 Å². The zero-order chi connectivity index (χ0) is 12.1. The molecule has 0 aliphatic heterocycles. The highest BCUT2D eigenvalue weighted by molar-refractivity contribution is 5.27. The van der Waals surface area contributed by atoms with Crippen LogP contribution in [0.1, 0.15) is 24.8 Å². The average Bonchev–Trinajstić information content (AvgIpc) is 2.71. The summed E-state index contributed by atoms with van der Waals surface area (Å²) in [6.45, 7) is 3.49. The largest absolute Gasteiger partial charge is 0.492 e. The van der Waals surface area contributed by atoms with Gasteiger partial charge in [0.25, 0.3) is 0 Å². The van der Waals surface area contributed by atoms with Crippen molar-refractivity contribution in [2.45, 2.75) is 38.3 Å². The Kier molecular flexibility index (Phi) is 4.40. The van der Waals surface area contributed by atoms with Crippen LogP contribution in [0, 0.1) is 6.92 Å². The standard InChI is InChI=1S/C14H21NO2/c1-11-4-2-5-12(10-11)17-9-8-15-13-6-3-7-14(13)16/h2,4-5,10,13-16H,3,6-9H2,1H3/t13-,14-/m0/s1. The molecular formula is C14H21NO2. The van der Waals surface area contributed by atoms with Gasteiger partial charge in [-0.15, -0.1) is 0 Å². The summed E-state index contributed by atoms with van der Waals surface area (Å²) in [7, 11) is 0. The van der Waals surface area contributed by atoms with Gasteiger partial charge in [0.15, 0.2) is 0 Å². The van der Waals surface area contributed by atoms with Crippen molar-refractivity contribution in [1.29, 1.82) is 0 Å². The number of hydrogen-bond donors (Lipinski definition) is 2. The monoisotopic (exact) mass is 235 g/mol. The summed E-state index contributed by atoms with van der Waals surface area (Å²) in [6.07, 6.45) is 2.95. The third-order valence-corrected chi connectivity index (χ3v) is 3.25. The van der Waals surface area contributed by atoms with Crippen LogP contribution in [-0.2, 0) is 0 Å². The van der Waals surface area contributed by atoms with Gasteiger partial charge in [0.05, 0.1) is 6.10 Å². The van der Waals surface area contributed by atoms with E-state index in [4.69, 9.17) is 4.74 Å². The van der Waals surface area contributed by atoms with E-state index in [0.717, 1.165) is 31.6 Å². The Hall–Kier alpha value is -1.06. The maximum Gasteiger partial charge on any atom is 0.119 e. The van der Waals surface area contributed by atoms with Crippen molar-refractivity contribution in [3.8, 4) is 5.75 Å². The molecule has 2 rings (SSSR count). The predicted molar refractivity (Wildman–Crippen MR) is 68.3 cm³/mol. The first kappa shape index (κ1) is 12.4. The first-order chi connectivity index (χ1) is 8.25. The molecule has 3 nitrogen and oxygen atoms in total. The minimum Gasteiger partial charge on any atom is -0.492 e. The Balaban J connectivity index is 1.66. The highest BCUT2D eigenvalue weighted by Crippen LogP contribution is 2.18. The molecule has 0 amide bonds. The molecule has 1 fully saturated rings. The minimum atomic E-state index is -0.172. The van der Waals surface area contributed by atoms with Crippen molar-refractivity contribution in [2.24, 2.45) is 0 Å². The molecule has 0 saturated heterocycles. The van der Waals surface area contributed by atoms with E-state index in [1.807, 2.05) is 18.2 Å². The first-order valence-corrected chi connectivity index (χ1v) is 6.36. The molecular weight excluding hydrogens is 214 g/mol. The Morgan fingerprint density at radius 2 is 2.29 bits per heavy atom. The fourth-order valence-corrected chi connectivity index (χ4v) is 2.30. The summed E-state index contributed by atoms with van der Waals surface area (Å²) >= 11 is 0. The Morgan fingerprint density at radius 1 is 1.41 bits per heavy atom. The van der Waals surface area contributed by atoms with E-state index in [2.05, 4.69) is 18.3 Å². The lowest BCUT2D eigenvalue weighted by molar-refractivity contribution is 0.146. The number of benzene rings is 1. The molecule has 0 unspecified atom stereocenters. The highest BCUT2D eigenvalue weighted by Gasteiger charge is 2.23. The van der Waals surface area contributed by atoms with Crippen LogP contribution in [0.4, 0.5) is 0 Å². The zero-order valence-corrected chi connectivity index (χ0v) is 10.4. The summed E-state index contributed by atoms with van der Waals surface area (Å²) in [4.78, 5) is 0. The highest BCUT2D eigenvalue weighted by atomic mass is 16.5. The molecule has 94 valence electrons. The van der Waals surface area contributed by atoms with Gasteiger partial charge in [-0.2, -0.15) is 0 Å². The van der Waals surface area contributed by atoms with Crippen molar-refractivity contribution in [3.05, 3.63) is 29.8 Å². The third-order valence-electron chi connectivity index (χ3n) is 3.25. The van der Waals surface area contributed by atoms with Crippen LogP contribution < -0.4 is 10.1 Å². The lowest BCUT2D eigenvalue weighted by atomic mass is 10.2. The topological polar surface area (TPSA) is 41.5 Å². The summed E-state index contributed by atoms with van der Waals surface area (Å²) in [6, 6.07) is 8.32. The van der Waals surface area contributed by atoms with Gasteiger partial charge in [0.2, 0.25) is 0 Å². The van der Waals surface area contributed by atoms with Crippen LogP contribution in [0.5, 0.6) is 5.75 Å². The second-order valence-corrected chi connectivity index (χ2v) is 4.72. The van der Waals surface area contributed by atoms with Gasteiger partial charge in [-0.1, -0.05) is 12.1 Å². The molecule has 17 heavy (non-hydrogen) atoms. The molecule has 2 N–H and O–H groups in total. The molecule has 0 heterocycles. The maximum absolute atomic E-state index is 9.64. The molecule has 1 saturated carbocycles. The number of ether oxygens (including phenoxy) is 1. The normalized spacial score (nSPS) is 23.9. The molecule has 0 spiro atoms. The van der Waals surface area contributed by atoms with Crippen LogP contribution in [-0.4, -0.2) is 30.4 Å². The van der Waals surface area contributed by atoms with Gasteiger partial charge in [-0.3, -0.25) is 0 Å². The number of nitrogens with one attached hydrogen (secondary N) is 1. The van der Waals surface area contributed by atoms with Gasteiger partial charge >= 0.3 is 0 Å². The minimum absolute atomic E-state index is 0.172. The Bertz CT molecular complexity index is 354. The fraction of sp³-hybridized carbons (Fsp3) is 0.571. The summed E-state index contributed by atoms with van der Waals surface area (Å²) in [5.41, 5.74) is 1.21. The number of aliphatic hydroxyl groups is 1. The molecule has 0 aromatic heterocycles. The van der Waals surface area contributed by atoms with Gasteiger partial charge in [-0.05, 0) is 43.9 Å². The molecule has 1 aromatic rings. The average molecular weight is 235 g/mol. The van der Waals surface area contributed by atoms with E-state index in [9.17, 15) is 5.11 Å². The Labute approximate surface area is 103 Å². The van der Waals surface area contributed by atoms with E-state index < -0.39 is 0 Å². The van der Waals surface area contributed by atoms with E-state index in [0.29, 0.717) is 6.61 Å². The van der Waals surface area contributed by atoms with Gasteiger partial charge in [-0.25, -0.2) is 0 Å². The number of rotatable bonds is 5. The molecule has 3 heteroatoms. The van der Waals surface area contributed by atoms with Crippen molar-refractivity contribution in [1.82, 2.24) is 5.32 Å². The smallest absolute Gasteiger partial charge is 0.119 e. The summed E-state index contributed by atoms with van der Waals surface area (Å²) < 4.78 is 5.64. The number of aryl methyl sites for hydroxylation is 1. The van der Waals surface area contributed by atoms with E-state index in [-0.39, 0.29) is 12.1 Å². The number of hydrogen-bond acceptors (Lipinski definition) is 3. The van der Waals surface area contributed by atoms with Crippen LogP contribution in [0.2, 0.25) is 0 Å². The second-order valence-electron chi connectivity index (χ2n) is 4.72. The summed E-state index contributed by atoms with van der Waals surface area (Å²) in [5, 5.41) is 13.0. The first-order valence-electron chi connectivity index (χ1n) is 6.36. The molecule has 2 atom stereocenters. The van der Waals surface area contributed by atoms with Crippen molar-refractivity contribution < 1.29 is 9.84 Å². The maximum atomic E-state index is 9.64. The van der Waals surface area contributed by atoms with Crippen LogP contribution in [0.25, 0.3) is 0 Å².